The summed E-state index contributed by atoms with van der Waals surface area (Å²) in [6.07, 6.45) is 9.96. The number of amides is 1. The Hall–Kier alpha value is -2.48. The summed E-state index contributed by atoms with van der Waals surface area (Å²) < 4.78 is 6.36. The average Bonchev–Trinajstić information content (AvgIpc) is 3.59. The van der Waals surface area contributed by atoms with Gasteiger partial charge in [-0.3, -0.25) is 4.79 Å². The van der Waals surface area contributed by atoms with Gasteiger partial charge >= 0.3 is 6.09 Å². The minimum Gasteiger partial charge on any atom is -0.446 e. The minimum absolute atomic E-state index is 0.00247. The second-order valence-corrected chi connectivity index (χ2v) is 17.6. The molecule has 1 aromatic heterocycles. The fourth-order valence-corrected chi connectivity index (χ4v) is 9.98. The van der Waals surface area contributed by atoms with Gasteiger partial charge in [0, 0.05) is 22.4 Å². The normalized spacial score (nSPS) is 30.8. The van der Waals surface area contributed by atoms with Crippen LogP contribution in [0.15, 0.2) is 42.0 Å². The van der Waals surface area contributed by atoms with Gasteiger partial charge in [0.05, 0.1) is 23.1 Å². The number of ketones is 1. The predicted octanol–water partition coefficient (Wildman–Crippen LogP) is 9.64. The largest absolute Gasteiger partial charge is 0.446 e. The van der Waals surface area contributed by atoms with Crippen LogP contribution >= 0.6 is 11.3 Å². The highest BCUT2D eigenvalue weighted by molar-refractivity contribution is 7.14. The van der Waals surface area contributed by atoms with E-state index in [-0.39, 0.29) is 30.4 Å². The van der Waals surface area contributed by atoms with Crippen molar-refractivity contribution in [2.24, 2.45) is 23.2 Å². The molecule has 0 saturated heterocycles. The van der Waals surface area contributed by atoms with Crippen LogP contribution in [-0.4, -0.2) is 57.9 Å². The molecule has 2 fully saturated rings. The number of carbonyl (C=O) groups is 2. The smallest absolute Gasteiger partial charge is 0.410 e. The topological polar surface area (TPSA) is 87.1 Å². The zero-order valence-electron chi connectivity index (χ0n) is 31.1. The molecule has 1 heterocycles. The molecular weight excluding hydrogens is 631 g/mol. The summed E-state index contributed by atoms with van der Waals surface area (Å²) in [5, 5.41) is 23.8. The molecule has 2 N–H and O–H groups in total. The van der Waals surface area contributed by atoms with Crippen molar-refractivity contribution in [3.63, 3.8) is 0 Å². The van der Waals surface area contributed by atoms with Gasteiger partial charge in [0.15, 0.2) is 0 Å². The summed E-state index contributed by atoms with van der Waals surface area (Å²) in [5.74, 6) is 1.23. The van der Waals surface area contributed by atoms with Crippen molar-refractivity contribution in [1.82, 2.24) is 4.90 Å². The van der Waals surface area contributed by atoms with E-state index in [0.29, 0.717) is 66.8 Å². The molecule has 2 bridgehead atoms. The van der Waals surface area contributed by atoms with Crippen LogP contribution in [0.2, 0.25) is 0 Å². The number of fused-ring (bicyclic) bond motifs is 8. The van der Waals surface area contributed by atoms with Crippen LogP contribution in [-0.2, 0) is 11.2 Å². The van der Waals surface area contributed by atoms with E-state index in [4.69, 9.17) is 4.74 Å². The van der Waals surface area contributed by atoms with E-state index >= 15 is 0 Å². The molecule has 49 heavy (non-hydrogen) atoms. The molecule has 0 radical (unpaired) electrons. The number of aryl methyl sites for hydroxylation is 1. The summed E-state index contributed by atoms with van der Waals surface area (Å²) in [5.41, 5.74) is 2.05. The molecule has 1 aromatic carbocycles. The van der Waals surface area contributed by atoms with Crippen molar-refractivity contribution in [2.75, 3.05) is 13.1 Å². The third-order valence-corrected chi connectivity index (χ3v) is 13.3. The standard InChI is InChI=1S/C42H61NO5S/c1-8-22-43(40(46)48-37-23-29(5)12-16-33(37)27(2)3)26-42(47)21-19-36-34-17-14-31(25-35(34)39(45)38-18-13-30(6)49-38)24-32(44)15-11-28(4)10-9-20-41(36,42)7/h10,13-14,17-18,25,27,29,32-33,36-37,44,47H,8-9,11-12,15-16,19-24,26H2,1-7H3/t29-,32-,33+,36-,37-,41-,42+/m0/s1. The van der Waals surface area contributed by atoms with Crippen molar-refractivity contribution in [3.05, 3.63) is 68.4 Å². The zero-order chi connectivity index (χ0) is 35.5. The highest BCUT2D eigenvalue weighted by Crippen LogP contribution is 2.59. The van der Waals surface area contributed by atoms with Crippen LogP contribution in [0, 0.1) is 30.1 Å². The Kier molecular flexibility index (Phi) is 12.2. The Balaban J connectivity index is 1.52. The molecule has 270 valence electrons. The van der Waals surface area contributed by atoms with Crippen LogP contribution in [0.25, 0.3) is 0 Å². The van der Waals surface area contributed by atoms with Crippen molar-refractivity contribution in [3.8, 4) is 0 Å². The molecule has 2 saturated carbocycles. The lowest BCUT2D eigenvalue weighted by Crippen LogP contribution is -2.54. The SMILES string of the molecule is CCCN(C[C@]1(O)CC[C@H]2c3ccc(cc3C(=O)c3ccc(C)s3)C[C@@H](O)CCC(C)=CCC[C@@]21C)C(=O)O[C@H]1C[C@@H](C)CC[C@@H]1C(C)C. The lowest BCUT2D eigenvalue weighted by atomic mass is 9.64. The van der Waals surface area contributed by atoms with Crippen LogP contribution in [0.1, 0.15) is 143 Å². The maximum atomic E-state index is 14.2. The van der Waals surface area contributed by atoms with Gasteiger partial charge in [-0.1, -0.05) is 64.8 Å². The first-order chi connectivity index (χ1) is 23.2. The van der Waals surface area contributed by atoms with Crippen molar-refractivity contribution >= 4 is 23.2 Å². The molecule has 4 aliphatic carbocycles. The lowest BCUT2D eigenvalue weighted by molar-refractivity contribution is -0.0862. The number of ether oxygens (including phenoxy) is 1. The molecule has 0 aliphatic heterocycles. The first-order valence-electron chi connectivity index (χ1n) is 19.0. The van der Waals surface area contributed by atoms with Gasteiger partial charge in [-0.2, -0.15) is 0 Å². The van der Waals surface area contributed by atoms with Crippen molar-refractivity contribution in [2.45, 2.75) is 143 Å². The zero-order valence-corrected chi connectivity index (χ0v) is 31.9. The average molecular weight is 692 g/mol. The van der Waals surface area contributed by atoms with Gasteiger partial charge < -0.3 is 19.8 Å². The van der Waals surface area contributed by atoms with Gasteiger partial charge in [0.1, 0.15) is 6.10 Å². The van der Waals surface area contributed by atoms with Crippen LogP contribution in [0.5, 0.6) is 0 Å². The predicted molar refractivity (Wildman–Crippen MR) is 199 cm³/mol. The van der Waals surface area contributed by atoms with E-state index in [1.54, 1.807) is 4.90 Å². The number of rotatable bonds is 8. The van der Waals surface area contributed by atoms with Gasteiger partial charge in [0.25, 0.3) is 0 Å². The van der Waals surface area contributed by atoms with Crippen molar-refractivity contribution in [1.29, 1.82) is 0 Å². The number of thiophene rings is 1. The van der Waals surface area contributed by atoms with Crippen LogP contribution < -0.4 is 0 Å². The summed E-state index contributed by atoms with van der Waals surface area (Å²) in [6, 6.07) is 10.1. The number of hydrogen-bond donors (Lipinski definition) is 2. The number of nitrogens with zero attached hydrogens (tertiary/aromatic N) is 1. The lowest BCUT2D eigenvalue weighted by Gasteiger charge is -2.46. The minimum atomic E-state index is -1.17. The quantitative estimate of drug-likeness (QED) is 0.213. The van der Waals surface area contributed by atoms with Gasteiger partial charge in [-0.05, 0) is 131 Å². The van der Waals surface area contributed by atoms with Crippen LogP contribution in [0.3, 0.4) is 0 Å². The van der Waals surface area contributed by atoms with E-state index in [2.05, 4.69) is 59.8 Å². The Labute approximate surface area is 299 Å². The van der Waals surface area contributed by atoms with E-state index < -0.39 is 17.1 Å². The first-order valence-corrected chi connectivity index (χ1v) is 19.8. The van der Waals surface area contributed by atoms with Gasteiger partial charge in [-0.15, -0.1) is 11.3 Å². The Bertz CT molecular complexity index is 1500. The summed E-state index contributed by atoms with van der Waals surface area (Å²) in [7, 11) is 0. The van der Waals surface area contributed by atoms with E-state index in [0.717, 1.165) is 48.1 Å². The highest BCUT2D eigenvalue weighted by atomic mass is 32.1. The maximum Gasteiger partial charge on any atom is 0.410 e. The van der Waals surface area contributed by atoms with Gasteiger partial charge in [0.2, 0.25) is 5.78 Å². The van der Waals surface area contributed by atoms with Crippen molar-refractivity contribution < 1.29 is 24.5 Å². The summed E-state index contributed by atoms with van der Waals surface area (Å²) in [4.78, 5) is 31.8. The Morgan fingerprint density at radius 1 is 1.08 bits per heavy atom. The number of hydrogen-bond acceptors (Lipinski definition) is 6. The summed E-state index contributed by atoms with van der Waals surface area (Å²) >= 11 is 1.51. The van der Waals surface area contributed by atoms with Gasteiger partial charge in [-0.25, -0.2) is 4.79 Å². The fraction of sp³-hybridized carbons (Fsp3) is 0.667. The molecule has 1 amide bonds. The van der Waals surface area contributed by atoms with E-state index in [9.17, 15) is 19.8 Å². The molecule has 7 heteroatoms. The van der Waals surface area contributed by atoms with E-state index in [1.165, 1.54) is 23.3 Å². The fourth-order valence-electron chi connectivity index (χ4n) is 9.16. The number of aliphatic hydroxyl groups is 2. The summed E-state index contributed by atoms with van der Waals surface area (Å²) in [6.45, 7) is 15.8. The first kappa shape index (κ1) is 37.8. The second-order valence-electron chi connectivity index (χ2n) is 16.4. The number of allylic oxidation sites excluding steroid dienone is 2. The monoisotopic (exact) mass is 691 g/mol. The molecule has 4 aliphatic rings. The maximum absolute atomic E-state index is 14.2. The molecule has 6 rings (SSSR count). The van der Waals surface area contributed by atoms with Crippen LogP contribution in [0.4, 0.5) is 4.79 Å². The molecule has 7 atom stereocenters. The number of carbonyl (C=O) groups excluding carboxylic acids is 2. The number of aliphatic hydroxyl groups excluding tert-OH is 1. The highest BCUT2D eigenvalue weighted by Gasteiger charge is 2.58. The number of benzene rings is 1. The second kappa shape index (κ2) is 15.8. The Morgan fingerprint density at radius 3 is 2.55 bits per heavy atom. The third kappa shape index (κ3) is 8.37. The molecular formula is C42H61NO5S. The Morgan fingerprint density at radius 2 is 1.86 bits per heavy atom. The molecule has 6 nitrogen and oxygen atoms in total. The van der Waals surface area contributed by atoms with E-state index in [1.807, 2.05) is 25.1 Å². The molecule has 0 spiro atoms. The third-order valence-electron chi connectivity index (χ3n) is 12.3. The molecule has 2 aromatic rings. The molecule has 0 unspecified atom stereocenters.